The molecule has 0 aromatic rings. The second-order valence-corrected chi connectivity index (χ2v) is 4.84. The summed E-state index contributed by atoms with van der Waals surface area (Å²) >= 11 is 0. The molecule has 1 fully saturated rings. The summed E-state index contributed by atoms with van der Waals surface area (Å²) in [5, 5.41) is 12.2. The molecule has 1 rings (SSSR count). The first-order valence-electron chi connectivity index (χ1n) is 6.53. The molecular formula is C12H25N3O2. The molecule has 0 spiro atoms. The number of carboxylic acids is 1. The summed E-state index contributed by atoms with van der Waals surface area (Å²) in [5.74, 6) is -0.212. The van der Waals surface area contributed by atoms with Crippen LogP contribution in [0.4, 0.5) is 0 Å². The van der Waals surface area contributed by atoms with Gasteiger partial charge in [-0.25, -0.2) is 0 Å². The molecule has 0 bridgehead atoms. The highest BCUT2D eigenvalue weighted by molar-refractivity contribution is 5.66. The lowest BCUT2D eigenvalue weighted by molar-refractivity contribution is -0.137. The van der Waals surface area contributed by atoms with Gasteiger partial charge in [0.1, 0.15) is 0 Å². The van der Waals surface area contributed by atoms with Crippen LogP contribution in [0, 0.1) is 5.92 Å². The number of piperidine rings is 1. The fraction of sp³-hybridized carbons (Fsp3) is 0.917. The van der Waals surface area contributed by atoms with Crippen molar-refractivity contribution in [2.45, 2.75) is 32.2 Å². The molecule has 0 aliphatic carbocycles. The van der Waals surface area contributed by atoms with E-state index < -0.39 is 5.97 Å². The van der Waals surface area contributed by atoms with Gasteiger partial charge in [0, 0.05) is 38.6 Å². The van der Waals surface area contributed by atoms with Crippen molar-refractivity contribution in [2.75, 3.05) is 32.7 Å². The molecule has 0 radical (unpaired) electrons. The molecule has 17 heavy (non-hydrogen) atoms. The van der Waals surface area contributed by atoms with Crippen molar-refractivity contribution in [3.05, 3.63) is 0 Å². The van der Waals surface area contributed by atoms with E-state index in [9.17, 15) is 4.79 Å². The average Bonchev–Trinajstić information content (AvgIpc) is 2.27. The highest BCUT2D eigenvalue weighted by Gasteiger charge is 2.26. The van der Waals surface area contributed by atoms with E-state index in [1.165, 1.54) is 0 Å². The number of hydrogen-bond donors (Lipinski definition) is 3. The molecule has 5 heteroatoms. The smallest absolute Gasteiger partial charge is 0.303 e. The van der Waals surface area contributed by atoms with Gasteiger partial charge in [-0.1, -0.05) is 6.92 Å². The second-order valence-electron chi connectivity index (χ2n) is 4.84. The van der Waals surface area contributed by atoms with Crippen LogP contribution in [0.5, 0.6) is 0 Å². The van der Waals surface area contributed by atoms with Crippen molar-refractivity contribution in [2.24, 2.45) is 11.7 Å². The summed E-state index contributed by atoms with van der Waals surface area (Å²) < 4.78 is 0. The van der Waals surface area contributed by atoms with E-state index >= 15 is 0 Å². The Morgan fingerprint density at radius 1 is 1.53 bits per heavy atom. The van der Waals surface area contributed by atoms with E-state index in [2.05, 4.69) is 17.1 Å². The van der Waals surface area contributed by atoms with E-state index in [4.69, 9.17) is 10.8 Å². The zero-order valence-electron chi connectivity index (χ0n) is 10.7. The normalized spacial score (nSPS) is 26.0. The number of rotatable bonds is 7. The average molecular weight is 243 g/mol. The minimum atomic E-state index is -0.694. The molecule has 2 atom stereocenters. The Balaban J connectivity index is 2.42. The van der Waals surface area contributed by atoms with E-state index in [1.807, 2.05) is 0 Å². The van der Waals surface area contributed by atoms with E-state index in [0.717, 1.165) is 39.0 Å². The zero-order chi connectivity index (χ0) is 12.7. The first-order valence-corrected chi connectivity index (χ1v) is 6.53. The van der Waals surface area contributed by atoms with Crippen LogP contribution in [0.3, 0.4) is 0 Å². The number of nitrogens with zero attached hydrogens (tertiary/aromatic N) is 1. The number of nitrogens with two attached hydrogens (primary N) is 1. The standard InChI is InChI=1S/C12H25N3O2/c1-2-14-11-7-10(3-4-12(16)17)8-15(9-11)6-5-13/h10-11,14H,2-9,13H2,1H3,(H,16,17). The van der Waals surface area contributed by atoms with Gasteiger partial charge >= 0.3 is 5.97 Å². The molecule has 0 amide bonds. The van der Waals surface area contributed by atoms with Gasteiger partial charge in [-0.15, -0.1) is 0 Å². The van der Waals surface area contributed by atoms with Crippen molar-refractivity contribution < 1.29 is 9.90 Å². The maximum Gasteiger partial charge on any atom is 0.303 e. The topological polar surface area (TPSA) is 78.6 Å². The fourth-order valence-electron chi connectivity index (χ4n) is 2.64. The molecule has 0 aromatic heterocycles. The molecule has 2 unspecified atom stereocenters. The quantitative estimate of drug-likeness (QED) is 0.591. The van der Waals surface area contributed by atoms with E-state index in [1.54, 1.807) is 0 Å². The number of carbonyl (C=O) groups is 1. The Morgan fingerprint density at radius 3 is 2.88 bits per heavy atom. The number of likely N-dealkylation sites (tertiary alicyclic amines) is 1. The van der Waals surface area contributed by atoms with Crippen molar-refractivity contribution in [3.63, 3.8) is 0 Å². The van der Waals surface area contributed by atoms with Crippen LogP contribution in [0.25, 0.3) is 0 Å². The fourth-order valence-corrected chi connectivity index (χ4v) is 2.64. The minimum Gasteiger partial charge on any atom is -0.481 e. The number of carboxylic acid groups (broad SMARTS) is 1. The van der Waals surface area contributed by atoms with Gasteiger partial charge in [0.25, 0.3) is 0 Å². The van der Waals surface area contributed by atoms with Gasteiger partial charge in [-0.2, -0.15) is 0 Å². The molecule has 4 N–H and O–H groups in total. The summed E-state index contributed by atoms with van der Waals surface area (Å²) in [6.45, 7) is 6.68. The van der Waals surface area contributed by atoms with Gasteiger partial charge in [-0.05, 0) is 25.3 Å². The summed E-state index contributed by atoms with van der Waals surface area (Å²) in [6.07, 6.45) is 2.14. The Bertz CT molecular complexity index is 222. The lowest BCUT2D eigenvalue weighted by Crippen LogP contribution is -2.50. The summed E-state index contributed by atoms with van der Waals surface area (Å²) in [4.78, 5) is 13.0. The summed E-state index contributed by atoms with van der Waals surface area (Å²) in [6, 6.07) is 0.485. The number of nitrogens with one attached hydrogen (secondary N) is 1. The van der Waals surface area contributed by atoms with Crippen LogP contribution in [-0.4, -0.2) is 54.7 Å². The highest BCUT2D eigenvalue weighted by atomic mass is 16.4. The Kier molecular flexibility index (Phi) is 6.47. The Labute approximate surface area is 103 Å². The van der Waals surface area contributed by atoms with Crippen LogP contribution in [0.1, 0.15) is 26.2 Å². The number of likely N-dealkylation sites (N-methyl/N-ethyl adjacent to an activating group) is 1. The van der Waals surface area contributed by atoms with Crippen molar-refractivity contribution in [3.8, 4) is 0 Å². The van der Waals surface area contributed by atoms with Crippen molar-refractivity contribution in [1.29, 1.82) is 0 Å². The second kappa shape index (κ2) is 7.63. The molecular weight excluding hydrogens is 218 g/mol. The third-order valence-corrected chi connectivity index (χ3v) is 3.32. The van der Waals surface area contributed by atoms with Gasteiger partial charge in [0.05, 0.1) is 0 Å². The molecule has 1 heterocycles. The first-order chi connectivity index (χ1) is 8.15. The first kappa shape index (κ1) is 14.4. The van der Waals surface area contributed by atoms with Gasteiger partial charge in [-0.3, -0.25) is 4.79 Å². The van der Waals surface area contributed by atoms with Crippen LogP contribution in [0.2, 0.25) is 0 Å². The summed E-state index contributed by atoms with van der Waals surface area (Å²) in [7, 11) is 0. The predicted molar refractivity (Wildman–Crippen MR) is 67.9 cm³/mol. The highest BCUT2D eigenvalue weighted by Crippen LogP contribution is 2.21. The predicted octanol–water partition coefficient (Wildman–Crippen LogP) is 0.110. The molecule has 1 saturated heterocycles. The third-order valence-electron chi connectivity index (χ3n) is 3.32. The molecule has 1 aliphatic heterocycles. The molecule has 100 valence electrons. The molecule has 1 aliphatic rings. The van der Waals surface area contributed by atoms with E-state index in [-0.39, 0.29) is 6.42 Å². The van der Waals surface area contributed by atoms with Crippen molar-refractivity contribution in [1.82, 2.24) is 10.2 Å². The monoisotopic (exact) mass is 243 g/mol. The van der Waals surface area contributed by atoms with Crippen molar-refractivity contribution >= 4 is 5.97 Å². The van der Waals surface area contributed by atoms with Gasteiger partial charge < -0.3 is 21.1 Å². The van der Waals surface area contributed by atoms with Crippen LogP contribution in [0.15, 0.2) is 0 Å². The molecule has 5 nitrogen and oxygen atoms in total. The largest absolute Gasteiger partial charge is 0.481 e. The van der Waals surface area contributed by atoms with Gasteiger partial charge in [0.2, 0.25) is 0 Å². The zero-order valence-corrected chi connectivity index (χ0v) is 10.7. The Morgan fingerprint density at radius 2 is 2.29 bits per heavy atom. The lowest BCUT2D eigenvalue weighted by atomic mass is 9.90. The van der Waals surface area contributed by atoms with Gasteiger partial charge in [0.15, 0.2) is 0 Å². The maximum atomic E-state index is 10.6. The lowest BCUT2D eigenvalue weighted by Gasteiger charge is -2.38. The molecule has 0 saturated carbocycles. The SMILES string of the molecule is CCNC1CC(CCC(=O)O)CN(CCN)C1. The van der Waals surface area contributed by atoms with Crippen LogP contribution >= 0.6 is 0 Å². The Hall–Kier alpha value is -0.650. The maximum absolute atomic E-state index is 10.6. The number of hydrogen-bond acceptors (Lipinski definition) is 4. The molecule has 0 aromatic carbocycles. The van der Waals surface area contributed by atoms with Crippen LogP contribution in [-0.2, 0) is 4.79 Å². The van der Waals surface area contributed by atoms with Crippen LogP contribution < -0.4 is 11.1 Å². The number of aliphatic carboxylic acids is 1. The van der Waals surface area contributed by atoms with E-state index in [0.29, 0.717) is 18.5 Å². The summed E-state index contributed by atoms with van der Waals surface area (Å²) in [5.41, 5.74) is 5.59. The minimum absolute atomic E-state index is 0.278. The third kappa shape index (κ3) is 5.48.